The molecule has 2 N–H and O–H groups in total. The van der Waals surface area contributed by atoms with Gasteiger partial charge in [0, 0.05) is 23.7 Å². The van der Waals surface area contributed by atoms with Crippen LogP contribution in [0.25, 0.3) is 0 Å². The fraction of sp³-hybridized carbons (Fsp3) is 0.571. The molecule has 0 saturated carbocycles. The molecule has 0 amide bonds. The zero-order valence-electron chi connectivity index (χ0n) is 14.8. The number of hydrogen-bond donors (Lipinski definition) is 2. The van der Waals surface area contributed by atoms with Crippen molar-refractivity contribution in [2.45, 2.75) is 36.5 Å². The van der Waals surface area contributed by atoms with Crippen LogP contribution in [-0.2, 0) is 9.59 Å². The molecule has 0 bridgehead atoms. The van der Waals surface area contributed by atoms with Crippen LogP contribution in [0.3, 0.4) is 0 Å². The van der Waals surface area contributed by atoms with Gasteiger partial charge in [-0.1, -0.05) is 0 Å². The first kappa shape index (κ1) is 30.3. The third-order valence-corrected chi connectivity index (χ3v) is 5.56. The Bertz CT molecular complexity index is 690. The van der Waals surface area contributed by atoms with E-state index in [0.717, 1.165) is 0 Å². The van der Waals surface area contributed by atoms with Crippen molar-refractivity contribution in [3.05, 3.63) is 22.0 Å². The van der Waals surface area contributed by atoms with Crippen molar-refractivity contribution >= 4 is 35.5 Å². The van der Waals surface area contributed by atoms with Crippen LogP contribution < -0.4 is 0 Å². The summed E-state index contributed by atoms with van der Waals surface area (Å²) in [6.45, 7) is 0. The molecule has 0 atom stereocenters. The molecule has 0 fully saturated rings. The first-order valence-corrected chi connectivity index (χ1v) is 9.43. The van der Waals surface area contributed by atoms with E-state index in [4.69, 9.17) is 10.2 Å². The minimum atomic E-state index is -6.06. The molecule has 4 nitrogen and oxygen atoms in total. The molecule has 0 aliphatic rings. The largest absolute Gasteiger partial charge is 0.478 e. The molecule has 18 heteroatoms. The fourth-order valence-electron chi connectivity index (χ4n) is 1.58. The molecule has 0 aliphatic heterocycles. The van der Waals surface area contributed by atoms with Crippen LogP contribution in [0.15, 0.2) is 22.0 Å². The van der Waals surface area contributed by atoms with Gasteiger partial charge in [0.15, 0.2) is 0 Å². The highest BCUT2D eigenvalue weighted by molar-refractivity contribution is 8.06. The third kappa shape index (κ3) is 6.89. The van der Waals surface area contributed by atoms with Gasteiger partial charge in [0.1, 0.15) is 0 Å². The minimum Gasteiger partial charge on any atom is -0.478 e. The van der Waals surface area contributed by atoms with Crippen molar-refractivity contribution in [1.82, 2.24) is 0 Å². The smallest absolute Gasteiger partial charge is 0.374 e. The number of thioether (sulfide) groups is 2. The van der Waals surface area contributed by atoms with Crippen molar-refractivity contribution in [3.8, 4) is 0 Å². The van der Waals surface area contributed by atoms with E-state index in [0.29, 0.717) is 0 Å². The number of carboxylic acid groups (broad SMARTS) is 2. The van der Waals surface area contributed by atoms with Gasteiger partial charge in [-0.3, -0.25) is 0 Å². The molecular formula is C14H10F12O4S2. The summed E-state index contributed by atoms with van der Waals surface area (Å²) in [4.78, 5) is 16.7. The lowest BCUT2D eigenvalue weighted by atomic mass is 10.1. The van der Waals surface area contributed by atoms with Crippen LogP contribution in [0, 0.1) is 0 Å². The lowest BCUT2D eigenvalue weighted by Crippen LogP contribution is -2.47. The van der Waals surface area contributed by atoms with Crippen molar-refractivity contribution in [1.29, 1.82) is 0 Å². The van der Waals surface area contributed by atoms with Crippen LogP contribution in [0.2, 0.25) is 0 Å². The van der Waals surface area contributed by atoms with Crippen molar-refractivity contribution < 1.29 is 72.5 Å². The average molecular weight is 534 g/mol. The lowest BCUT2D eigenvalue weighted by molar-refractivity contribution is -0.243. The summed E-state index contributed by atoms with van der Waals surface area (Å²) in [5.41, 5.74) is 0. The van der Waals surface area contributed by atoms with Crippen LogP contribution in [-0.4, -0.2) is 70.2 Å². The highest BCUT2D eigenvalue weighted by Gasteiger charge is 2.66. The molecule has 0 aromatic carbocycles. The summed E-state index contributed by atoms with van der Waals surface area (Å²) < 4.78 is 156. The number of alkyl halides is 12. The molecular weight excluding hydrogens is 524 g/mol. The van der Waals surface area contributed by atoms with Gasteiger partial charge < -0.3 is 10.2 Å². The van der Waals surface area contributed by atoms with Crippen molar-refractivity contribution in [3.63, 3.8) is 0 Å². The fourth-order valence-corrected chi connectivity index (χ4v) is 3.69. The number of halogens is 12. The summed E-state index contributed by atoms with van der Waals surface area (Å²) in [6, 6.07) is 0. The number of allylic oxidation sites excluding steroid dienone is 2. The predicted molar refractivity (Wildman–Crippen MR) is 88.1 cm³/mol. The van der Waals surface area contributed by atoms with E-state index >= 15 is 0 Å². The molecule has 0 aromatic rings. The summed E-state index contributed by atoms with van der Waals surface area (Å²) in [6.07, 6.45) is -11.1. The zero-order chi connectivity index (χ0) is 25.7. The number of carboxylic acids is 2. The number of rotatable bonds is 13. The van der Waals surface area contributed by atoms with Gasteiger partial charge in [-0.2, -0.15) is 35.1 Å². The second-order valence-electron chi connectivity index (χ2n) is 5.39. The molecule has 0 heterocycles. The number of hydrogen-bond acceptors (Lipinski definition) is 4. The van der Waals surface area contributed by atoms with Crippen molar-refractivity contribution in [2.24, 2.45) is 0 Å². The van der Waals surface area contributed by atoms with E-state index in [2.05, 4.69) is 0 Å². The molecule has 186 valence electrons. The van der Waals surface area contributed by atoms with Gasteiger partial charge in [0.05, 0.1) is 9.81 Å². The Morgan fingerprint density at radius 1 is 0.656 bits per heavy atom. The van der Waals surface area contributed by atoms with Crippen LogP contribution in [0.4, 0.5) is 52.7 Å². The van der Waals surface area contributed by atoms with Gasteiger partial charge >= 0.3 is 48.5 Å². The maximum Gasteiger partial charge on any atom is 0.374 e. The molecule has 0 spiro atoms. The van der Waals surface area contributed by atoms with Gasteiger partial charge in [0.25, 0.3) is 0 Å². The molecule has 0 aromatic heterocycles. The number of aliphatic carboxylic acids is 2. The Morgan fingerprint density at radius 2 is 0.906 bits per heavy atom. The number of carbonyl (C=O) groups is 2. The first-order valence-electron chi connectivity index (χ1n) is 7.46. The normalized spacial score (nSPS) is 14.9. The van der Waals surface area contributed by atoms with Gasteiger partial charge in [0.2, 0.25) is 0 Å². The Labute approximate surface area is 178 Å². The quantitative estimate of drug-likeness (QED) is 0.186. The molecule has 0 radical (unpaired) electrons. The molecule has 0 unspecified atom stereocenters. The third-order valence-electron chi connectivity index (χ3n) is 3.11. The Kier molecular flexibility index (Phi) is 10.3. The Morgan fingerprint density at radius 3 is 1.09 bits per heavy atom. The maximum absolute atomic E-state index is 13.7. The van der Waals surface area contributed by atoms with E-state index in [1.54, 1.807) is 0 Å². The summed E-state index contributed by atoms with van der Waals surface area (Å²) in [7, 11) is 0. The average Bonchev–Trinajstić information content (AvgIpc) is 2.61. The van der Waals surface area contributed by atoms with Gasteiger partial charge in [-0.15, -0.1) is 23.5 Å². The standard InChI is InChI=1S/C14H10F12O4S2/c15-9(16)13(23,24)11(19,20)5(3-7(27)28)31-1-2-32-6(4-8(29)30)12(21,22)14(25,26)10(17)18/h3-4,9-10H,1-2H2,(H,27,28)(H,29,30)/b5-3-,6-4+. The highest BCUT2D eigenvalue weighted by Crippen LogP contribution is 2.49. The van der Waals surface area contributed by atoms with E-state index in [1.807, 2.05) is 0 Å². The van der Waals surface area contributed by atoms with Crippen LogP contribution in [0.1, 0.15) is 0 Å². The zero-order valence-corrected chi connectivity index (χ0v) is 16.4. The van der Waals surface area contributed by atoms with Crippen molar-refractivity contribution in [2.75, 3.05) is 11.5 Å². The second-order valence-corrected chi connectivity index (χ2v) is 7.66. The summed E-state index contributed by atoms with van der Waals surface area (Å²) in [5, 5.41) is 16.9. The van der Waals surface area contributed by atoms with Gasteiger partial charge in [-0.25, -0.2) is 27.2 Å². The predicted octanol–water partition coefficient (Wildman–Crippen LogP) is 5.46. The van der Waals surface area contributed by atoms with E-state index in [9.17, 15) is 62.3 Å². The first-order chi connectivity index (χ1) is 14.2. The summed E-state index contributed by atoms with van der Waals surface area (Å²) in [5.74, 6) is -30.5. The summed E-state index contributed by atoms with van der Waals surface area (Å²) >= 11 is -1.15. The maximum atomic E-state index is 13.7. The van der Waals surface area contributed by atoms with E-state index < -0.39 is 105 Å². The van der Waals surface area contributed by atoms with Crippen LogP contribution >= 0.6 is 23.5 Å². The highest BCUT2D eigenvalue weighted by atomic mass is 32.2. The van der Waals surface area contributed by atoms with Crippen LogP contribution in [0.5, 0.6) is 0 Å². The van der Waals surface area contributed by atoms with E-state index in [-0.39, 0.29) is 0 Å². The van der Waals surface area contributed by atoms with Gasteiger partial charge in [-0.05, 0) is 0 Å². The topological polar surface area (TPSA) is 74.6 Å². The molecule has 0 rings (SSSR count). The van der Waals surface area contributed by atoms with E-state index in [1.165, 1.54) is 0 Å². The molecule has 32 heavy (non-hydrogen) atoms. The lowest BCUT2D eigenvalue weighted by Gasteiger charge is -2.28. The Balaban J connectivity index is 5.67. The molecule has 0 saturated heterocycles. The monoisotopic (exact) mass is 534 g/mol. The Hall–Kier alpha value is -1.72. The molecule has 0 aliphatic carbocycles. The minimum absolute atomic E-state index is 0.573. The SMILES string of the molecule is O=C(O)/C=C(\SCCS/C(=C/C(=O)O)C(F)(F)C(F)(F)C(F)F)C(F)(F)C(F)(F)C(F)F. The second kappa shape index (κ2) is 10.9.